The highest BCUT2D eigenvalue weighted by molar-refractivity contribution is 6.00. The van der Waals surface area contributed by atoms with Crippen LogP contribution in [0.4, 0.5) is 10.1 Å². The Morgan fingerprint density at radius 1 is 1.20 bits per heavy atom. The van der Waals surface area contributed by atoms with Crippen molar-refractivity contribution in [2.24, 2.45) is 13.0 Å². The Hall–Kier alpha value is -4.01. The molecule has 0 saturated carbocycles. The Labute approximate surface area is 203 Å². The Bertz CT molecular complexity index is 1280. The van der Waals surface area contributed by atoms with Crippen LogP contribution in [0.15, 0.2) is 60.7 Å². The lowest BCUT2D eigenvalue weighted by molar-refractivity contribution is -0.611. The van der Waals surface area contributed by atoms with Gasteiger partial charge in [-0.2, -0.15) is 9.83 Å². The number of nitrogens with one attached hydrogen (secondary N) is 2. The van der Waals surface area contributed by atoms with E-state index >= 15 is 0 Å². The summed E-state index contributed by atoms with van der Waals surface area (Å²) < 4.78 is 15.9. The molecule has 0 saturated heterocycles. The molecule has 3 aromatic rings. The average molecular weight is 478 g/mol. The van der Waals surface area contributed by atoms with Gasteiger partial charge in [0, 0.05) is 31.9 Å². The van der Waals surface area contributed by atoms with Crippen molar-refractivity contribution in [1.82, 2.24) is 15.1 Å². The molecule has 4 rings (SSSR count). The predicted octanol–water partition coefficient (Wildman–Crippen LogP) is 3.73. The monoisotopic (exact) mass is 477 g/mol. The first-order valence-electron chi connectivity index (χ1n) is 11.5. The smallest absolute Gasteiger partial charge is 0.270 e. The molecule has 0 bridgehead atoms. The summed E-state index contributed by atoms with van der Waals surface area (Å²) >= 11 is 0. The Balaban J connectivity index is 1.54. The molecule has 8 nitrogen and oxygen atoms in total. The molecule has 0 spiro atoms. The Morgan fingerprint density at radius 3 is 2.57 bits per heavy atom. The van der Waals surface area contributed by atoms with Crippen LogP contribution in [0.25, 0.3) is 11.1 Å². The average Bonchev–Trinajstić information content (AvgIpc) is 3.27. The van der Waals surface area contributed by atoms with E-state index in [9.17, 15) is 19.2 Å². The van der Waals surface area contributed by atoms with Crippen LogP contribution in [0.1, 0.15) is 41.0 Å². The molecule has 2 amide bonds. The molecule has 2 atom stereocenters. The lowest BCUT2D eigenvalue weighted by atomic mass is 9.86. The second-order valence-corrected chi connectivity index (χ2v) is 8.83. The molecule has 2 N–H and O–H groups in total. The third-order valence-electron chi connectivity index (χ3n) is 6.48. The first kappa shape index (κ1) is 24.1. The molecule has 1 aromatic carbocycles. The third kappa shape index (κ3) is 5.24. The summed E-state index contributed by atoms with van der Waals surface area (Å²) in [5.41, 5.74) is 4.15. The van der Waals surface area contributed by atoms with Crippen LogP contribution in [0, 0.1) is 25.0 Å². The molecule has 0 aliphatic heterocycles. The van der Waals surface area contributed by atoms with E-state index in [-0.39, 0.29) is 24.1 Å². The minimum absolute atomic E-state index is 0.195. The fourth-order valence-electron chi connectivity index (χ4n) is 4.48. The topological polar surface area (TPSA) is 103 Å². The molecular formula is C26H28FN5O3. The molecule has 1 aliphatic rings. The van der Waals surface area contributed by atoms with E-state index in [0.717, 1.165) is 21.4 Å². The van der Waals surface area contributed by atoms with Crippen molar-refractivity contribution in [1.29, 1.82) is 0 Å². The molecular weight excluding hydrogens is 449 g/mol. The fraction of sp³-hybridized carbons (Fsp3) is 0.308. The maximum absolute atomic E-state index is 13.6. The minimum Gasteiger partial charge on any atom is -0.618 e. The molecule has 182 valence electrons. The van der Waals surface area contributed by atoms with Gasteiger partial charge in [-0.25, -0.2) is 4.39 Å². The number of hydrogen-bond donors (Lipinski definition) is 2. The molecule has 2 aromatic heterocycles. The lowest BCUT2D eigenvalue weighted by Crippen LogP contribution is -2.49. The Kier molecular flexibility index (Phi) is 6.95. The van der Waals surface area contributed by atoms with E-state index in [1.165, 1.54) is 23.2 Å². The predicted molar refractivity (Wildman–Crippen MR) is 130 cm³/mol. The zero-order chi connectivity index (χ0) is 25.1. The van der Waals surface area contributed by atoms with Crippen LogP contribution in [-0.2, 0) is 11.8 Å². The SMILES string of the molecule is Cc1cc[n+]([O-])c(C)c1-c1ccc(NC(=O)C(NC(=O)c2ccnn2C)C2CC=C(F)CC2)cc1. The van der Waals surface area contributed by atoms with Gasteiger partial charge in [0.2, 0.25) is 5.91 Å². The van der Waals surface area contributed by atoms with E-state index in [1.807, 2.05) is 19.1 Å². The largest absolute Gasteiger partial charge is 0.618 e. The van der Waals surface area contributed by atoms with Crippen molar-refractivity contribution in [2.75, 3.05) is 5.32 Å². The van der Waals surface area contributed by atoms with Gasteiger partial charge in [-0.05, 0) is 61.4 Å². The number of amides is 2. The maximum atomic E-state index is 13.6. The quantitative estimate of drug-likeness (QED) is 0.417. The number of nitrogens with zero attached hydrogens (tertiary/aromatic N) is 3. The number of benzene rings is 1. The van der Waals surface area contributed by atoms with E-state index in [1.54, 1.807) is 38.2 Å². The number of aromatic nitrogens is 3. The van der Waals surface area contributed by atoms with Crippen LogP contribution in [0.3, 0.4) is 0 Å². The van der Waals surface area contributed by atoms with Gasteiger partial charge < -0.3 is 15.8 Å². The van der Waals surface area contributed by atoms with E-state index < -0.39 is 11.9 Å². The maximum Gasteiger partial charge on any atom is 0.270 e. The van der Waals surface area contributed by atoms with Crippen LogP contribution in [0.2, 0.25) is 0 Å². The molecule has 0 fully saturated rings. The summed E-state index contributed by atoms with van der Waals surface area (Å²) in [5.74, 6) is -1.23. The number of anilines is 1. The van der Waals surface area contributed by atoms with E-state index in [0.29, 0.717) is 29.9 Å². The number of allylic oxidation sites excluding steroid dienone is 2. The number of aryl methyl sites for hydroxylation is 2. The van der Waals surface area contributed by atoms with Crippen molar-refractivity contribution < 1.29 is 18.7 Å². The molecule has 1 aliphatic carbocycles. The second kappa shape index (κ2) is 10.1. The lowest BCUT2D eigenvalue weighted by Gasteiger charge is -2.28. The van der Waals surface area contributed by atoms with Crippen LogP contribution in [-0.4, -0.2) is 27.6 Å². The van der Waals surface area contributed by atoms with Crippen molar-refractivity contribution in [3.63, 3.8) is 0 Å². The fourth-order valence-corrected chi connectivity index (χ4v) is 4.48. The van der Waals surface area contributed by atoms with Gasteiger partial charge in [0.1, 0.15) is 11.7 Å². The molecule has 2 unspecified atom stereocenters. The number of hydrogen-bond acceptors (Lipinski definition) is 4. The summed E-state index contributed by atoms with van der Waals surface area (Å²) in [6.07, 6.45) is 5.51. The highest BCUT2D eigenvalue weighted by Crippen LogP contribution is 2.29. The van der Waals surface area contributed by atoms with Crippen molar-refractivity contribution in [3.8, 4) is 11.1 Å². The normalized spacial score (nSPS) is 16.3. The number of carbonyl (C=O) groups excluding carboxylic acids is 2. The minimum atomic E-state index is -0.848. The summed E-state index contributed by atoms with van der Waals surface area (Å²) in [7, 11) is 1.65. The molecule has 9 heteroatoms. The van der Waals surface area contributed by atoms with E-state index in [4.69, 9.17) is 0 Å². The van der Waals surface area contributed by atoms with Gasteiger partial charge >= 0.3 is 0 Å². The zero-order valence-electron chi connectivity index (χ0n) is 19.9. The van der Waals surface area contributed by atoms with Crippen LogP contribution < -0.4 is 15.4 Å². The van der Waals surface area contributed by atoms with Gasteiger partial charge in [-0.3, -0.25) is 14.3 Å². The Morgan fingerprint density at radius 2 is 1.94 bits per heavy atom. The van der Waals surface area contributed by atoms with Crippen LogP contribution in [0.5, 0.6) is 0 Å². The van der Waals surface area contributed by atoms with E-state index in [2.05, 4.69) is 15.7 Å². The third-order valence-corrected chi connectivity index (χ3v) is 6.48. The van der Waals surface area contributed by atoms with Gasteiger partial charge in [-0.15, -0.1) is 0 Å². The highest BCUT2D eigenvalue weighted by atomic mass is 19.1. The molecule has 2 heterocycles. The number of pyridine rings is 1. The zero-order valence-corrected chi connectivity index (χ0v) is 19.9. The number of rotatable bonds is 6. The van der Waals surface area contributed by atoms with Crippen LogP contribution >= 0.6 is 0 Å². The molecule has 35 heavy (non-hydrogen) atoms. The summed E-state index contributed by atoms with van der Waals surface area (Å²) in [5, 5.41) is 21.7. The van der Waals surface area contributed by atoms with Crippen molar-refractivity contribution in [3.05, 3.63) is 82.9 Å². The number of carbonyl (C=O) groups is 2. The first-order valence-corrected chi connectivity index (χ1v) is 11.5. The molecule has 0 radical (unpaired) electrons. The van der Waals surface area contributed by atoms with Crippen molar-refractivity contribution >= 4 is 17.5 Å². The van der Waals surface area contributed by atoms with Crippen molar-refractivity contribution in [2.45, 2.75) is 39.2 Å². The summed E-state index contributed by atoms with van der Waals surface area (Å²) in [4.78, 5) is 26.1. The second-order valence-electron chi connectivity index (χ2n) is 8.83. The highest BCUT2D eigenvalue weighted by Gasteiger charge is 2.32. The number of halogens is 1. The van der Waals surface area contributed by atoms with Gasteiger partial charge in [-0.1, -0.05) is 18.2 Å². The van der Waals surface area contributed by atoms with Gasteiger partial charge in [0.25, 0.3) is 5.91 Å². The van der Waals surface area contributed by atoms with Gasteiger partial charge in [0.15, 0.2) is 11.9 Å². The first-order chi connectivity index (χ1) is 16.7. The summed E-state index contributed by atoms with van der Waals surface area (Å²) in [6, 6.07) is 9.69. The van der Waals surface area contributed by atoms with Gasteiger partial charge in [0.05, 0.1) is 11.4 Å². The summed E-state index contributed by atoms with van der Waals surface area (Å²) in [6.45, 7) is 3.71. The standard InChI is InChI=1S/C26H28FN5O3/c1-16-13-15-32(35)17(2)23(16)18-6-10-21(11-7-18)29-26(34)24(19-4-8-20(27)9-5-19)30-25(33)22-12-14-28-31(22)3/h6-8,10-15,19,24H,4-5,9H2,1-3H3,(H,29,34)(H,30,33).